The summed E-state index contributed by atoms with van der Waals surface area (Å²) in [4.78, 5) is 0.264. The van der Waals surface area contributed by atoms with Crippen LogP contribution in [0, 0.1) is 6.92 Å². The molecule has 2 rings (SSSR count). The first-order valence-corrected chi connectivity index (χ1v) is 10.5. The molecular formula is C14H21BrN2O2S2. The SMILES string of the molecule is CSC1CCCCC1NS(=O)(=O)c1cc(Br)cc(N)c1C. The predicted octanol–water partition coefficient (Wildman–Crippen LogP) is 3.29. The molecule has 21 heavy (non-hydrogen) atoms. The van der Waals surface area contributed by atoms with E-state index >= 15 is 0 Å². The van der Waals surface area contributed by atoms with Crippen LogP contribution in [-0.2, 0) is 10.0 Å². The summed E-state index contributed by atoms with van der Waals surface area (Å²) >= 11 is 5.05. The minimum atomic E-state index is -3.55. The van der Waals surface area contributed by atoms with E-state index in [9.17, 15) is 8.42 Å². The molecule has 0 saturated heterocycles. The Bertz CT molecular complexity index is 620. The molecule has 1 aromatic carbocycles. The van der Waals surface area contributed by atoms with E-state index in [0.29, 0.717) is 21.0 Å². The normalized spacial score (nSPS) is 23.2. The number of halogens is 1. The lowest BCUT2D eigenvalue weighted by Gasteiger charge is -2.30. The first kappa shape index (κ1) is 17.1. The van der Waals surface area contributed by atoms with Crippen LogP contribution in [0.5, 0.6) is 0 Å². The van der Waals surface area contributed by atoms with E-state index < -0.39 is 10.0 Å². The Morgan fingerprint density at radius 3 is 2.67 bits per heavy atom. The van der Waals surface area contributed by atoms with Crippen molar-refractivity contribution in [2.24, 2.45) is 0 Å². The topological polar surface area (TPSA) is 72.2 Å². The van der Waals surface area contributed by atoms with Crippen LogP contribution in [0.15, 0.2) is 21.5 Å². The van der Waals surface area contributed by atoms with Crippen molar-refractivity contribution in [2.75, 3.05) is 12.0 Å². The Hall–Kier alpha value is -0.240. The summed E-state index contributed by atoms with van der Waals surface area (Å²) < 4.78 is 28.9. The van der Waals surface area contributed by atoms with Crippen molar-refractivity contribution >= 4 is 43.4 Å². The molecule has 7 heteroatoms. The zero-order chi connectivity index (χ0) is 15.6. The van der Waals surface area contributed by atoms with Gasteiger partial charge in [0.05, 0.1) is 4.90 Å². The van der Waals surface area contributed by atoms with E-state index in [1.165, 1.54) is 6.42 Å². The number of nitrogens with one attached hydrogen (secondary N) is 1. The van der Waals surface area contributed by atoms with Crippen LogP contribution < -0.4 is 10.5 Å². The van der Waals surface area contributed by atoms with Gasteiger partial charge < -0.3 is 5.73 Å². The molecular weight excluding hydrogens is 372 g/mol. The zero-order valence-electron chi connectivity index (χ0n) is 12.2. The lowest BCUT2D eigenvalue weighted by atomic mass is 9.96. The summed E-state index contributed by atoms with van der Waals surface area (Å²) in [5.74, 6) is 0. The van der Waals surface area contributed by atoms with Crippen molar-refractivity contribution < 1.29 is 8.42 Å². The monoisotopic (exact) mass is 392 g/mol. The van der Waals surface area contributed by atoms with Gasteiger partial charge in [-0.1, -0.05) is 28.8 Å². The highest BCUT2D eigenvalue weighted by Gasteiger charge is 2.30. The fourth-order valence-corrected chi connectivity index (χ4v) is 5.99. The van der Waals surface area contributed by atoms with Gasteiger partial charge in [-0.25, -0.2) is 13.1 Å². The van der Waals surface area contributed by atoms with Gasteiger partial charge in [-0.2, -0.15) is 11.8 Å². The highest BCUT2D eigenvalue weighted by atomic mass is 79.9. The molecule has 1 aromatic rings. The Balaban J connectivity index is 2.30. The molecule has 0 heterocycles. The van der Waals surface area contributed by atoms with E-state index in [2.05, 4.69) is 20.7 Å². The summed E-state index contributed by atoms with van der Waals surface area (Å²) in [5.41, 5.74) is 6.96. The van der Waals surface area contributed by atoms with Crippen molar-refractivity contribution in [3.8, 4) is 0 Å². The molecule has 0 radical (unpaired) electrons. The van der Waals surface area contributed by atoms with Crippen LogP contribution in [0.2, 0.25) is 0 Å². The van der Waals surface area contributed by atoms with Crippen LogP contribution in [0.25, 0.3) is 0 Å². The first-order valence-electron chi connectivity index (χ1n) is 6.96. The molecule has 0 aliphatic heterocycles. The van der Waals surface area contributed by atoms with Gasteiger partial charge in [0.1, 0.15) is 0 Å². The number of thioether (sulfide) groups is 1. The molecule has 1 aliphatic rings. The van der Waals surface area contributed by atoms with Crippen molar-refractivity contribution in [3.05, 3.63) is 22.2 Å². The minimum absolute atomic E-state index is 0.00152. The van der Waals surface area contributed by atoms with Gasteiger partial charge in [-0.05, 0) is 43.7 Å². The Morgan fingerprint density at radius 1 is 1.33 bits per heavy atom. The number of benzene rings is 1. The van der Waals surface area contributed by atoms with Crippen LogP contribution in [0.4, 0.5) is 5.69 Å². The van der Waals surface area contributed by atoms with Gasteiger partial charge >= 0.3 is 0 Å². The summed E-state index contributed by atoms with van der Waals surface area (Å²) in [7, 11) is -3.55. The second kappa shape index (κ2) is 6.89. The van der Waals surface area contributed by atoms with Crippen LogP contribution >= 0.6 is 27.7 Å². The molecule has 118 valence electrons. The predicted molar refractivity (Wildman–Crippen MR) is 93.2 cm³/mol. The number of nitrogens with two attached hydrogens (primary N) is 1. The third kappa shape index (κ3) is 3.94. The number of anilines is 1. The summed E-state index contributed by atoms with van der Waals surface area (Å²) in [5, 5.41) is 0.346. The van der Waals surface area contributed by atoms with Crippen molar-refractivity contribution in [2.45, 2.75) is 48.8 Å². The number of nitrogen functional groups attached to an aromatic ring is 1. The van der Waals surface area contributed by atoms with Crippen molar-refractivity contribution in [1.29, 1.82) is 0 Å². The number of rotatable bonds is 4. The Morgan fingerprint density at radius 2 is 2.00 bits per heavy atom. The van der Waals surface area contributed by atoms with E-state index in [0.717, 1.165) is 19.3 Å². The quantitative estimate of drug-likeness (QED) is 0.770. The van der Waals surface area contributed by atoms with Gasteiger partial charge in [0, 0.05) is 21.5 Å². The van der Waals surface area contributed by atoms with E-state index in [1.54, 1.807) is 30.8 Å². The van der Waals surface area contributed by atoms with Crippen molar-refractivity contribution in [3.63, 3.8) is 0 Å². The first-order chi connectivity index (χ1) is 9.85. The highest BCUT2D eigenvalue weighted by Crippen LogP contribution is 2.30. The molecule has 1 aliphatic carbocycles. The van der Waals surface area contributed by atoms with Gasteiger partial charge in [0.2, 0.25) is 10.0 Å². The second-order valence-electron chi connectivity index (χ2n) is 5.40. The molecule has 0 amide bonds. The molecule has 2 atom stereocenters. The maximum atomic E-state index is 12.7. The van der Waals surface area contributed by atoms with Gasteiger partial charge in [-0.3, -0.25) is 0 Å². The van der Waals surface area contributed by atoms with Crippen LogP contribution in [0.1, 0.15) is 31.2 Å². The van der Waals surface area contributed by atoms with E-state index in [4.69, 9.17) is 5.73 Å². The molecule has 1 fully saturated rings. The van der Waals surface area contributed by atoms with Gasteiger partial charge in [-0.15, -0.1) is 0 Å². The fourth-order valence-electron chi connectivity index (χ4n) is 2.73. The zero-order valence-corrected chi connectivity index (χ0v) is 15.4. The maximum absolute atomic E-state index is 12.7. The van der Waals surface area contributed by atoms with Crippen molar-refractivity contribution in [1.82, 2.24) is 4.72 Å². The molecule has 2 unspecified atom stereocenters. The van der Waals surface area contributed by atoms with E-state index in [-0.39, 0.29) is 10.9 Å². The van der Waals surface area contributed by atoms with Gasteiger partial charge in [0.15, 0.2) is 0 Å². The maximum Gasteiger partial charge on any atom is 0.241 e. The molecule has 4 nitrogen and oxygen atoms in total. The van der Waals surface area contributed by atoms with Crippen LogP contribution in [-0.4, -0.2) is 26.0 Å². The van der Waals surface area contributed by atoms with Gasteiger partial charge in [0.25, 0.3) is 0 Å². The molecule has 0 bridgehead atoms. The Kier molecular flexibility index (Phi) is 5.62. The number of sulfonamides is 1. The average molecular weight is 393 g/mol. The number of hydrogen-bond donors (Lipinski definition) is 2. The third-order valence-electron chi connectivity index (χ3n) is 3.97. The smallest absolute Gasteiger partial charge is 0.241 e. The lowest BCUT2D eigenvalue weighted by molar-refractivity contribution is 0.423. The highest BCUT2D eigenvalue weighted by molar-refractivity contribution is 9.10. The summed E-state index contributed by atoms with van der Waals surface area (Å²) in [6.07, 6.45) is 6.25. The molecule has 0 spiro atoms. The molecule has 1 saturated carbocycles. The fraction of sp³-hybridized carbons (Fsp3) is 0.571. The lowest BCUT2D eigenvalue weighted by Crippen LogP contribution is -2.43. The van der Waals surface area contributed by atoms with E-state index in [1.807, 2.05) is 6.26 Å². The molecule has 3 N–H and O–H groups in total. The number of hydrogen-bond acceptors (Lipinski definition) is 4. The third-order valence-corrected chi connectivity index (χ3v) is 7.21. The molecule has 0 aromatic heterocycles. The summed E-state index contributed by atoms with van der Waals surface area (Å²) in [6.45, 7) is 1.74. The summed E-state index contributed by atoms with van der Waals surface area (Å²) in [6, 6.07) is 3.34. The largest absolute Gasteiger partial charge is 0.398 e. The minimum Gasteiger partial charge on any atom is -0.398 e. The second-order valence-corrected chi connectivity index (χ2v) is 9.08. The average Bonchev–Trinajstić information content (AvgIpc) is 2.43. The van der Waals surface area contributed by atoms with Crippen LogP contribution in [0.3, 0.4) is 0 Å². The standard InChI is InChI=1S/C14H21BrN2O2S2/c1-9-11(16)7-10(15)8-14(9)21(18,19)17-12-5-3-4-6-13(12)20-2/h7-8,12-13,17H,3-6,16H2,1-2H3. The Labute approximate surface area is 139 Å².